The lowest BCUT2D eigenvalue weighted by atomic mass is 10.1. The summed E-state index contributed by atoms with van der Waals surface area (Å²) in [5, 5.41) is 7.18. The Bertz CT molecular complexity index is 2950. The van der Waals surface area contributed by atoms with Gasteiger partial charge in [0.15, 0.2) is 5.37 Å². The minimum absolute atomic E-state index is 0.0291. The van der Waals surface area contributed by atoms with E-state index in [2.05, 4.69) is 21.3 Å². The van der Waals surface area contributed by atoms with Gasteiger partial charge >= 0.3 is 0 Å². The van der Waals surface area contributed by atoms with E-state index < -0.39 is 73.6 Å². The molecule has 0 bridgehead atoms. The Labute approximate surface area is 354 Å². The SMILES string of the molecule is O=C(Nc1ccc(C=Cc2ccc(NC(=O)c3ccc(NC(c4ccco4)S(=O)(=O)O)cc3)cc2S(=O)(=O)O)c(S(=O)(=O)O)c1)c1ccc(NC(c2ccco2)S(O)(O)O)cc1. The third-order valence-corrected chi connectivity index (χ3v) is 12.4. The monoisotopic (exact) mass is 930 g/mol. The summed E-state index contributed by atoms with van der Waals surface area (Å²) in [6, 6.07) is 23.3. The molecule has 0 radical (unpaired) electrons. The summed E-state index contributed by atoms with van der Waals surface area (Å²) in [6.45, 7) is 0. The van der Waals surface area contributed by atoms with Gasteiger partial charge in [-0.1, -0.05) is 24.3 Å². The number of carbonyl (C=O) groups is 2. The first kappa shape index (κ1) is 45.2. The maximum Gasteiger partial charge on any atom is 0.295 e. The molecule has 2 atom stereocenters. The molecule has 0 spiro atoms. The Morgan fingerprint density at radius 2 is 0.871 bits per heavy atom. The van der Waals surface area contributed by atoms with Crippen molar-refractivity contribution in [3.8, 4) is 0 Å². The van der Waals surface area contributed by atoms with Crippen molar-refractivity contribution in [3.63, 3.8) is 0 Å². The number of nitrogens with one attached hydrogen (secondary N) is 4. The Hall–Kier alpha value is -6.32. The first-order chi connectivity index (χ1) is 29.1. The minimum Gasteiger partial charge on any atom is -0.466 e. The van der Waals surface area contributed by atoms with E-state index in [1.165, 1.54) is 110 Å². The lowest BCUT2D eigenvalue weighted by molar-refractivity contribution is 0.101. The van der Waals surface area contributed by atoms with Crippen LogP contribution in [0, 0.1) is 0 Å². The molecule has 2 unspecified atom stereocenters. The highest BCUT2D eigenvalue weighted by Gasteiger charge is 2.32. The van der Waals surface area contributed by atoms with Crippen LogP contribution in [-0.2, 0) is 30.4 Å². The number of rotatable bonds is 16. The molecule has 10 N–H and O–H groups in total. The number of hydrogen-bond donors (Lipinski definition) is 10. The van der Waals surface area contributed by atoms with Crippen LogP contribution in [0.5, 0.6) is 0 Å². The van der Waals surface area contributed by atoms with Crippen molar-refractivity contribution < 1.29 is 71.0 Å². The van der Waals surface area contributed by atoms with Crippen molar-refractivity contribution in [1.82, 2.24) is 0 Å². The fourth-order valence-electron chi connectivity index (χ4n) is 5.75. The molecular weight excluding hydrogens is 897 g/mol. The molecule has 20 nitrogen and oxygen atoms in total. The summed E-state index contributed by atoms with van der Waals surface area (Å²) in [6.07, 6.45) is 4.73. The third-order valence-electron chi connectivity index (χ3n) is 8.65. The molecular formula is C38H34N4O16S4. The second-order valence-corrected chi connectivity index (χ2v) is 18.9. The molecule has 2 heterocycles. The molecule has 326 valence electrons. The Kier molecular flexibility index (Phi) is 13.1. The molecule has 0 fully saturated rings. The van der Waals surface area contributed by atoms with Crippen LogP contribution in [-0.4, -0.2) is 64.4 Å². The van der Waals surface area contributed by atoms with Crippen LogP contribution in [0.15, 0.2) is 140 Å². The zero-order valence-corrected chi connectivity index (χ0v) is 34.5. The van der Waals surface area contributed by atoms with Gasteiger partial charge in [-0.25, -0.2) is 0 Å². The number of amides is 2. The number of anilines is 4. The van der Waals surface area contributed by atoms with Gasteiger partial charge in [-0.2, -0.15) is 25.3 Å². The van der Waals surface area contributed by atoms with E-state index in [0.717, 1.165) is 24.3 Å². The summed E-state index contributed by atoms with van der Waals surface area (Å²) in [5.74, 6) is -1.52. The highest BCUT2D eigenvalue weighted by molar-refractivity contribution is 8.19. The van der Waals surface area contributed by atoms with Crippen molar-refractivity contribution in [2.45, 2.75) is 20.5 Å². The van der Waals surface area contributed by atoms with Crippen molar-refractivity contribution >= 4 is 87.9 Å². The van der Waals surface area contributed by atoms with Crippen molar-refractivity contribution in [2.75, 3.05) is 21.3 Å². The summed E-state index contributed by atoms with van der Waals surface area (Å²) in [7, 11) is -18.7. The minimum atomic E-state index is -4.96. The largest absolute Gasteiger partial charge is 0.466 e. The van der Waals surface area contributed by atoms with Crippen LogP contribution < -0.4 is 21.3 Å². The van der Waals surface area contributed by atoms with Crippen LogP contribution in [0.1, 0.15) is 54.1 Å². The van der Waals surface area contributed by atoms with Gasteiger partial charge in [0.25, 0.3) is 42.2 Å². The first-order valence-electron chi connectivity index (χ1n) is 17.4. The Balaban J connectivity index is 1.15. The summed E-state index contributed by atoms with van der Waals surface area (Å²) < 4.78 is 143. The Morgan fingerprint density at radius 3 is 1.21 bits per heavy atom. The number of benzene rings is 4. The Morgan fingerprint density at radius 1 is 0.500 bits per heavy atom. The van der Waals surface area contributed by atoms with Gasteiger partial charge in [-0.05, 0) is 108 Å². The van der Waals surface area contributed by atoms with Crippen LogP contribution in [0.3, 0.4) is 0 Å². The molecule has 6 rings (SSSR count). The molecule has 0 aliphatic heterocycles. The van der Waals surface area contributed by atoms with Gasteiger partial charge in [-0.3, -0.25) is 23.2 Å². The van der Waals surface area contributed by atoms with E-state index in [4.69, 9.17) is 8.83 Å². The van der Waals surface area contributed by atoms with Gasteiger partial charge in [0.05, 0.1) is 12.5 Å². The topological polar surface area (TPSA) is 332 Å². The van der Waals surface area contributed by atoms with Crippen molar-refractivity contribution in [1.29, 1.82) is 0 Å². The molecule has 2 amide bonds. The zero-order chi connectivity index (χ0) is 45.0. The fraction of sp³-hybridized carbons (Fsp3) is 0.0526. The predicted molar refractivity (Wildman–Crippen MR) is 227 cm³/mol. The summed E-state index contributed by atoms with van der Waals surface area (Å²) >= 11 is 0. The summed E-state index contributed by atoms with van der Waals surface area (Å²) in [5.41, 5.74) is 0.0708. The average Bonchev–Trinajstić information content (AvgIpc) is 3.93. The molecule has 0 saturated carbocycles. The van der Waals surface area contributed by atoms with Crippen molar-refractivity contribution in [3.05, 3.63) is 155 Å². The smallest absolute Gasteiger partial charge is 0.295 e. The normalized spacial score (nSPS) is 13.6. The van der Waals surface area contributed by atoms with E-state index in [9.17, 15) is 62.2 Å². The second-order valence-electron chi connectivity index (χ2n) is 13.0. The van der Waals surface area contributed by atoms with Gasteiger partial charge in [0, 0.05) is 33.9 Å². The highest BCUT2D eigenvalue weighted by Crippen LogP contribution is 2.50. The van der Waals surface area contributed by atoms with E-state index in [1.54, 1.807) is 0 Å². The number of carbonyl (C=O) groups excluding carboxylic acids is 2. The van der Waals surface area contributed by atoms with Gasteiger partial charge < -0.3 is 43.8 Å². The van der Waals surface area contributed by atoms with Crippen LogP contribution in [0.25, 0.3) is 12.2 Å². The van der Waals surface area contributed by atoms with Gasteiger partial charge in [0.2, 0.25) is 5.37 Å². The lowest BCUT2D eigenvalue weighted by Gasteiger charge is -2.29. The lowest BCUT2D eigenvalue weighted by Crippen LogP contribution is -2.20. The molecule has 0 saturated heterocycles. The highest BCUT2D eigenvalue weighted by atomic mass is 32.3. The van der Waals surface area contributed by atoms with E-state index in [0.29, 0.717) is 0 Å². The zero-order valence-electron chi connectivity index (χ0n) is 31.3. The van der Waals surface area contributed by atoms with E-state index in [1.807, 2.05) is 0 Å². The maximum atomic E-state index is 13.0. The fourth-order valence-corrected chi connectivity index (χ4v) is 8.62. The number of furan rings is 2. The molecule has 2 aromatic heterocycles. The quantitative estimate of drug-likeness (QED) is 0.0334. The molecule has 6 aromatic rings. The number of hydrogen-bond acceptors (Lipinski definition) is 15. The molecule has 0 aliphatic carbocycles. The van der Waals surface area contributed by atoms with E-state index in [-0.39, 0.29) is 56.5 Å². The molecule has 4 aromatic carbocycles. The maximum absolute atomic E-state index is 13.0. The molecule has 0 aliphatic rings. The average molecular weight is 931 g/mol. The van der Waals surface area contributed by atoms with E-state index >= 15 is 0 Å². The van der Waals surface area contributed by atoms with Gasteiger partial charge in [0.1, 0.15) is 32.2 Å². The van der Waals surface area contributed by atoms with Gasteiger partial charge in [-0.15, -0.1) is 0 Å². The molecule has 62 heavy (non-hydrogen) atoms. The second kappa shape index (κ2) is 18.0. The third kappa shape index (κ3) is 11.3. The standard InChI is InChI=1S/C38H34N4O16S4/c43-35(25-9-13-27(14-10-25)41-37(61(51,52)53)31-3-1-19-57-31)39-29-17-7-23(33(21-29)59(45,46)47)5-6-24-8-18-30(22-34(24)60(48,49)50)40-36(44)26-11-15-28(16-12-26)42-38(62(54,55)56)32-4-2-20-58-32/h1-22,37-38,41-42,51-53H,(H,39,43)(H,40,44)(H,45,46,47)(H,48,49,50)(H,54,55,56). The van der Waals surface area contributed by atoms with Crippen LogP contribution in [0.4, 0.5) is 22.7 Å². The first-order valence-corrected chi connectivity index (χ1v) is 23.3. The molecule has 24 heteroatoms. The predicted octanol–water partition coefficient (Wildman–Crippen LogP) is 7.37. The van der Waals surface area contributed by atoms with Crippen molar-refractivity contribution in [2.24, 2.45) is 0 Å². The van der Waals surface area contributed by atoms with Crippen LogP contribution >= 0.6 is 10.9 Å². The van der Waals surface area contributed by atoms with Crippen LogP contribution in [0.2, 0.25) is 0 Å². The summed E-state index contributed by atoms with van der Waals surface area (Å²) in [4.78, 5) is 24.7.